The molecule has 0 aliphatic carbocycles. The molecule has 0 N–H and O–H groups in total. The monoisotopic (exact) mass is 1760 g/mol. The topological polar surface area (TPSA) is 0 Å². The van der Waals surface area contributed by atoms with E-state index in [4.69, 9.17) is 0 Å². The Labute approximate surface area is 779 Å². The zero-order valence-corrected chi connectivity index (χ0v) is 84.1. The number of aryl methyl sites for hydroxylation is 6. The van der Waals surface area contributed by atoms with Gasteiger partial charge in [0.05, 0.1) is 0 Å². The first kappa shape index (κ1) is 107. The smallest absolute Gasteiger partial charge is 0.00703 e. The van der Waals surface area contributed by atoms with Crippen molar-refractivity contribution in [2.24, 2.45) is 0 Å². The number of thioether (sulfide) groups is 6. The van der Waals surface area contributed by atoms with Crippen molar-refractivity contribution in [1.82, 2.24) is 0 Å². The van der Waals surface area contributed by atoms with E-state index >= 15 is 0 Å². The second-order valence-corrected chi connectivity index (χ2v) is 41.5. The maximum absolute atomic E-state index is 2.58. The molecule has 6 aromatic carbocycles. The fourth-order valence-corrected chi connectivity index (χ4v) is 20.2. The van der Waals surface area contributed by atoms with Crippen molar-refractivity contribution < 1.29 is 0 Å². The van der Waals surface area contributed by atoms with Crippen LogP contribution in [0.25, 0.3) is 33.4 Å². The first-order valence-electron chi connectivity index (χ1n) is 50.0. The van der Waals surface area contributed by atoms with Crippen molar-refractivity contribution in [1.29, 1.82) is 0 Å². The van der Waals surface area contributed by atoms with Gasteiger partial charge in [0.25, 0.3) is 0 Å². The first-order valence-corrected chi connectivity index (χ1v) is 58.3. The Morgan fingerprint density at radius 2 is 0.311 bits per heavy atom. The SMILES string of the molecule is CC=C(C=C(C=C(C=C(C=C(C=C(C)c1ccc(CCCCCCCCCCSC)cc1)c1ccc(CCCCCCCCCCSC)cc1)c1ccc(CCCCCCCCCCSC)cc1)c1ccc(CCCCCCCCCCSC)cc1)c1ccc(CCCCCCCCCCSC)cc1)c1ccc(CCCCCCCCCCSC)cc1. The predicted molar refractivity (Wildman–Crippen MR) is 572 cm³/mol. The normalized spacial score (nSPS) is 12.6. The van der Waals surface area contributed by atoms with Crippen LogP contribution in [0.1, 0.15) is 389 Å². The lowest BCUT2D eigenvalue weighted by Gasteiger charge is -2.15. The van der Waals surface area contributed by atoms with Gasteiger partial charge in [0.15, 0.2) is 0 Å². The molecule has 0 saturated carbocycles. The number of unbranched alkanes of at least 4 members (excludes halogenated alkanes) is 42. The van der Waals surface area contributed by atoms with Crippen LogP contribution in [0.5, 0.6) is 0 Å². The minimum atomic E-state index is 1.12. The third kappa shape index (κ3) is 50.6. The number of hydrogen-bond donors (Lipinski definition) is 0. The van der Waals surface area contributed by atoms with Crippen molar-refractivity contribution in [3.63, 3.8) is 0 Å². The van der Waals surface area contributed by atoms with Gasteiger partial charge in [-0.15, -0.1) is 0 Å². The minimum Gasteiger partial charge on any atom is -0.165 e. The Balaban J connectivity index is 1.48. The summed E-state index contributed by atoms with van der Waals surface area (Å²) in [5.74, 6) is 7.82. The van der Waals surface area contributed by atoms with E-state index in [1.54, 1.807) is 0 Å². The summed E-state index contributed by atoms with van der Waals surface area (Å²) in [4.78, 5) is 0. The van der Waals surface area contributed by atoms with Gasteiger partial charge < -0.3 is 0 Å². The van der Waals surface area contributed by atoms with E-state index in [2.05, 4.69) is 233 Å². The molecule has 0 saturated heterocycles. The Kier molecular flexibility index (Phi) is 64.4. The molecule has 0 aliphatic rings. The maximum atomic E-state index is 2.58. The molecular weight excluding hydrogens is 1590 g/mol. The van der Waals surface area contributed by atoms with Crippen LogP contribution in [-0.4, -0.2) is 72.1 Å². The molecule has 0 unspecified atom stereocenters. The largest absolute Gasteiger partial charge is 0.165 e. The van der Waals surface area contributed by atoms with E-state index in [1.165, 1.54) is 443 Å². The van der Waals surface area contributed by atoms with E-state index in [9.17, 15) is 0 Å². The first-order chi connectivity index (χ1) is 60.3. The van der Waals surface area contributed by atoms with Gasteiger partial charge in [-0.2, -0.15) is 70.6 Å². The standard InChI is InChI=1S/C116H174S6/c1-9-106(108-78-66-101(67-79-108)59-47-35-23-11-17-29-41-53-89-118-4)95-114(110-82-70-103(71-83-110)61-49-37-25-13-19-31-43-55-91-120-6)97-116(112-86-74-105(75-87-112)63-51-39-27-15-21-33-45-57-93-122-8)98-115(111-84-72-104(73-85-111)62-50-38-26-14-20-32-44-56-92-121-7)96-113(109-80-68-102(69-81-109)60-48-36-24-12-18-30-42-54-90-119-5)94-99(2)107-76-64-100(65-77-107)58-46-34-22-10-16-28-40-52-88-117-3/h9,64-87,94-98H,10-63,88-93H2,1-8H3. The third-order valence-electron chi connectivity index (χ3n) is 25.2. The summed E-state index contributed by atoms with van der Waals surface area (Å²) in [5.41, 5.74) is 23.7. The van der Waals surface area contributed by atoms with Crippen molar-refractivity contribution in [3.8, 4) is 0 Å². The van der Waals surface area contributed by atoms with Gasteiger partial charge in [-0.3, -0.25) is 0 Å². The predicted octanol–water partition coefficient (Wildman–Crippen LogP) is 37.7. The van der Waals surface area contributed by atoms with E-state index in [-0.39, 0.29) is 0 Å². The number of rotatable bonds is 77. The molecule has 0 spiro atoms. The van der Waals surface area contributed by atoms with Crippen molar-refractivity contribution in [2.45, 2.75) is 361 Å². The highest BCUT2D eigenvalue weighted by Crippen LogP contribution is 2.36. The van der Waals surface area contributed by atoms with Crippen LogP contribution in [0, 0.1) is 0 Å². The molecule has 0 heterocycles. The summed E-state index contributed by atoms with van der Waals surface area (Å²) in [6.45, 7) is 4.61. The van der Waals surface area contributed by atoms with Crippen LogP contribution in [0.4, 0.5) is 0 Å². The summed E-state index contributed by atoms with van der Waals surface area (Å²) in [5, 5.41) is 0. The molecular formula is C116H174S6. The van der Waals surface area contributed by atoms with Crippen LogP contribution >= 0.6 is 70.6 Å². The lowest BCUT2D eigenvalue weighted by Crippen LogP contribution is -1.94. The second kappa shape index (κ2) is 73.7. The highest BCUT2D eigenvalue weighted by Gasteiger charge is 2.15. The molecule has 6 heteroatoms. The van der Waals surface area contributed by atoms with Gasteiger partial charge >= 0.3 is 0 Å². The molecule has 0 aliphatic heterocycles. The Morgan fingerprint density at radius 3 is 0.484 bits per heavy atom. The fourth-order valence-electron chi connectivity index (χ4n) is 17.2. The summed E-state index contributed by atoms with van der Waals surface area (Å²) < 4.78 is 0. The highest BCUT2D eigenvalue weighted by atomic mass is 32.2. The van der Waals surface area contributed by atoms with Gasteiger partial charge in [0.2, 0.25) is 0 Å². The summed E-state index contributed by atoms with van der Waals surface area (Å²) in [6, 6.07) is 58.7. The number of allylic oxidation sites excluding steroid dienone is 12. The van der Waals surface area contributed by atoms with Crippen molar-refractivity contribution in [2.75, 3.05) is 72.1 Å². The Morgan fingerprint density at radius 1 is 0.172 bits per heavy atom. The molecule has 6 aromatic rings. The van der Waals surface area contributed by atoms with Gasteiger partial charge in [-0.25, -0.2) is 0 Å². The quantitative estimate of drug-likeness (QED) is 0.0274. The van der Waals surface area contributed by atoms with Gasteiger partial charge in [-0.1, -0.05) is 389 Å². The zero-order valence-electron chi connectivity index (χ0n) is 79.2. The van der Waals surface area contributed by atoms with E-state index < -0.39 is 0 Å². The second-order valence-electron chi connectivity index (χ2n) is 35.6. The van der Waals surface area contributed by atoms with Crippen LogP contribution in [0.2, 0.25) is 0 Å². The average Bonchev–Trinajstić information content (AvgIpc) is 0.817. The Bertz CT molecular complexity index is 3680. The molecule has 0 amide bonds. The molecule has 0 radical (unpaired) electrons. The summed E-state index contributed by atoms with van der Waals surface area (Å²) in [7, 11) is 0. The molecule has 0 atom stereocenters. The molecule has 674 valence electrons. The molecule has 0 fully saturated rings. The van der Waals surface area contributed by atoms with Gasteiger partial charge in [0, 0.05) is 0 Å². The lowest BCUT2D eigenvalue weighted by molar-refractivity contribution is 0.576. The summed E-state index contributed by atoms with van der Waals surface area (Å²) in [6.07, 6.45) is 100. The molecule has 122 heavy (non-hydrogen) atoms. The maximum Gasteiger partial charge on any atom is -0.00703 e. The molecule has 6 rings (SSSR count). The van der Waals surface area contributed by atoms with E-state index in [0.717, 1.165) is 38.5 Å². The number of hydrogen-bond acceptors (Lipinski definition) is 6. The fraction of sp³-hybridized carbons (Fsp3) is 0.586. The van der Waals surface area contributed by atoms with Gasteiger partial charge in [0.1, 0.15) is 0 Å². The van der Waals surface area contributed by atoms with Crippen LogP contribution < -0.4 is 0 Å². The lowest BCUT2D eigenvalue weighted by atomic mass is 9.90. The van der Waals surface area contributed by atoms with Crippen LogP contribution in [0.15, 0.2) is 182 Å². The van der Waals surface area contributed by atoms with Crippen molar-refractivity contribution >= 4 is 104 Å². The average molecular weight is 1760 g/mol. The highest BCUT2D eigenvalue weighted by molar-refractivity contribution is 7.99. The van der Waals surface area contributed by atoms with Gasteiger partial charge in [-0.05, 0) is 326 Å². The van der Waals surface area contributed by atoms with Crippen LogP contribution in [0.3, 0.4) is 0 Å². The van der Waals surface area contributed by atoms with Crippen LogP contribution in [-0.2, 0) is 38.5 Å². The molecule has 0 bridgehead atoms. The van der Waals surface area contributed by atoms with E-state index in [1.807, 2.05) is 70.6 Å². The summed E-state index contributed by atoms with van der Waals surface area (Å²) >= 11 is 11.9. The Hall–Kier alpha value is -4.14. The molecule has 0 aromatic heterocycles. The zero-order chi connectivity index (χ0) is 86.3. The molecule has 0 nitrogen and oxygen atoms in total. The van der Waals surface area contributed by atoms with Crippen molar-refractivity contribution in [3.05, 3.63) is 249 Å². The van der Waals surface area contributed by atoms with E-state index in [0.29, 0.717) is 0 Å². The number of benzene rings is 6. The third-order valence-corrected chi connectivity index (χ3v) is 29.3. The minimum absolute atomic E-state index is 1.12.